The van der Waals surface area contributed by atoms with Gasteiger partial charge in [-0.15, -0.1) is 0 Å². The molecule has 4 heteroatoms. The van der Waals surface area contributed by atoms with Crippen LogP contribution in [0.5, 0.6) is 0 Å². The van der Waals surface area contributed by atoms with Crippen molar-refractivity contribution in [1.29, 1.82) is 0 Å². The van der Waals surface area contributed by atoms with E-state index in [1.54, 1.807) is 0 Å². The fraction of sp³-hybridized carbons (Fsp3) is 0.769. The number of carbonyl (C=O) groups is 1. The summed E-state index contributed by atoms with van der Waals surface area (Å²) in [5, 5.41) is 19.6. The van der Waals surface area contributed by atoms with Gasteiger partial charge in [-0.05, 0) is 32.3 Å². The lowest BCUT2D eigenvalue weighted by Crippen LogP contribution is -2.27. The van der Waals surface area contributed by atoms with Crippen molar-refractivity contribution in [2.45, 2.75) is 63.8 Å². The maximum Gasteiger partial charge on any atom is 0.333 e. The van der Waals surface area contributed by atoms with Crippen LogP contribution in [-0.4, -0.2) is 27.6 Å². The van der Waals surface area contributed by atoms with E-state index < -0.39 is 17.4 Å². The van der Waals surface area contributed by atoms with Gasteiger partial charge in [-0.25, -0.2) is 4.79 Å². The van der Waals surface area contributed by atoms with Crippen LogP contribution in [0.15, 0.2) is 12.2 Å². The maximum atomic E-state index is 10.8. The van der Waals surface area contributed by atoms with Gasteiger partial charge in [0.15, 0.2) is 0 Å². The van der Waals surface area contributed by atoms with Crippen LogP contribution in [0.3, 0.4) is 0 Å². The molecule has 0 radical (unpaired) electrons. The average molecular weight is 242 g/mol. The van der Waals surface area contributed by atoms with Crippen molar-refractivity contribution in [3.63, 3.8) is 0 Å². The molecular formula is C13H22O4. The summed E-state index contributed by atoms with van der Waals surface area (Å²) in [5.74, 6) is -1.88. The van der Waals surface area contributed by atoms with E-state index in [0.29, 0.717) is 6.42 Å². The highest BCUT2D eigenvalue weighted by atomic mass is 16.7. The minimum atomic E-state index is -1.40. The van der Waals surface area contributed by atoms with Crippen molar-refractivity contribution < 1.29 is 19.7 Å². The highest BCUT2D eigenvalue weighted by molar-refractivity contribution is 5.84. The Kier molecular flexibility index (Phi) is 4.71. The molecule has 0 fully saturated rings. The van der Waals surface area contributed by atoms with Gasteiger partial charge < -0.3 is 14.9 Å². The average Bonchev–Trinajstić information content (AvgIpc) is 2.58. The van der Waals surface area contributed by atoms with E-state index >= 15 is 0 Å². The number of hydrogen-bond donors (Lipinski definition) is 2. The van der Waals surface area contributed by atoms with Crippen LogP contribution >= 0.6 is 0 Å². The first-order valence-corrected chi connectivity index (χ1v) is 6.24. The zero-order valence-electron chi connectivity index (χ0n) is 10.6. The topological polar surface area (TPSA) is 66.8 Å². The van der Waals surface area contributed by atoms with Crippen LogP contribution in [0, 0.1) is 0 Å². The Labute approximate surface area is 102 Å². The van der Waals surface area contributed by atoms with Gasteiger partial charge in [0.05, 0.1) is 5.60 Å². The fourth-order valence-electron chi connectivity index (χ4n) is 1.81. The third kappa shape index (κ3) is 4.88. The Morgan fingerprint density at radius 3 is 2.65 bits per heavy atom. The van der Waals surface area contributed by atoms with Gasteiger partial charge in [-0.2, -0.15) is 0 Å². The minimum Gasteiger partial charge on any atom is -0.426 e. The van der Waals surface area contributed by atoms with E-state index in [-0.39, 0.29) is 0 Å². The van der Waals surface area contributed by atoms with Gasteiger partial charge in [0, 0.05) is 12.5 Å². The molecule has 2 unspecified atom stereocenters. The maximum absolute atomic E-state index is 10.8. The Morgan fingerprint density at radius 2 is 2.12 bits per heavy atom. The van der Waals surface area contributed by atoms with E-state index in [0.717, 1.165) is 32.1 Å². The van der Waals surface area contributed by atoms with Crippen LogP contribution in [0.2, 0.25) is 0 Å². The molecule has 2 atom stereocenters. The summed E-state index contributed by atoms with van der Waals surface area (Å²) in [7, 11) is 0. The summed E-state index contributed by atoms with van der Waals surface area (Å²) in [6, 6.07) is 0. The van der Waals surface area contributed by atoms with Crippen molar-refractivity contribution in [1.82, 2.24) is 0 Å². The number of unbranched alkanes of at least 4 members (excludes halogenated alkanes) is 2. The molecular weight excluding hydrogens is 220 g/mol. The summed E-state index contributed by atoms with van der Waals surface area (Å²) in [6.45, 7) is 3.80. The second-order valence-corrected chi connectivity index (χ2v) is 5.01. The number of aliphatic hydroxyl groups is 2. The SMILES string of the molecule is CCC(C)(O)CCCCCC1(O)C=CC(=O)O1. The molecule has 0 bridgehead atoms. The summed E-state index contributed by atoms with van der Waals surface area (Å²) in [4.78, 5) is 10.8. The van der Waals surface area contributed by atoms with Crippen molar-refractivity contribution in [2.75, 3.05) is 0 Å². The monoisotopic (exact) mass is 242 g/mol. The number of rotatable bonds is 7. The van der Waals surface area contributed by atoms with Gasteiger partial charge in [0.1, 0.15) is 0 Å². The van der Waals surface area contributed by atoms with Gasteiger partial charge >= 0.3 is 5.97 Å². The summed E-state index contributed by atoms with van der Waals surface area (Å²) in [5.41, 5.74) is -0.587. The van der Waals surface area contributed by atoms with Crippen LogP contribution in [0.1, 0.15) is 52.4 Å². The predicted octanol–water partition coefficient (Wildman–Crippen LogP) is 1.90. The lowest BCUT2D eigenvalue weighted by Gasteiger charge is -2.22. The Morgan fingerprint density at radius 1 is 1.41 bits per heavy atom. The molecule has 17 heavy (non-hydrogen) atoms. The Bertz CT molecular complexity index is 296. The largest absolute Gasteiger partial charge is 0.426 e. The van der Waals surface area contributed by atoms with Gasteiger partial charge in [-0.3, -0.25) is 0 Å². The summed E-state index contributed by atoms with van der Waals surface area (Å²) >= 11 is 0. The van der Waals surface area contributed by atoms with E-state index in [1.165, 1.54) is 12.2 Å². The molecule has 0 aromatic rings. The molecule has 0 aromatic carbocycles. The molecule has 0 saturated carbocycles. The first-order chi connectivity index (χ1) is 7.87. The number of hydrogen-bond acceptors (Lipinski definition) is 4. The van der Waals surface area contributed by atoms with E-state index in [4.69, 9.17) is 4.74 Å². The number of carbonyl (C=O) groups excluding carboxylic acids is 1. The van der Waals surface area contributed by atoms with E-state index in [9.17, 15) is 15.0 Å². The first kappa shape index (κ1) is 14.2. The van der Waals surface area contributed by atoms with E-state index in [2.05, 4.69) is 0 Å². The zero-order chi connectivity index (χ0) is 12.9. The molecule has 0 spiro atoms. The molecule has 2 N–H and O–H groups in total. The lowest BCUT2D eigenvalue weighted by atomic mass is 9.95. The predicted molar refractivity (Wildman–Crippen MR) is 64.2 cm³/mol. The van der Waals surface area contributed by atoms with Crippen LogP contribution in [0.4, 0.5) is 0 Å². The molecule has 0 saturated heterocycles. The molecule has 1 heterocycles. The van der Waals surface area contributed by atoms with Gasteiger partial charge in [-0.1, -0.05) is 19.8 Å². The third-order valence-corrected chi connectivity index (χ3v) is 3.27. The molecule has 0 aliphatic carbocycles. The van der Waals surface area contributed by atoms with Gasteiger partial charge in [0.2, 0.25) is 5.79 Å². The third-order valence-electron chi connectivity index (χ3n) is 3.27. The quantitative estimate of drug-likeness (QED) is 0.528. The Hall–Kier alpha value is -0.870. The fourth-order valence-corrected chi connectivity index (χ4v) is 1.81. The van der Waals surface area contributed by atoms with Crippen LogP contribution < -0.4 is 0 Å². The zero-order valence-corrected chi connectivity index (χ0v) is 10.6. The number of ether oxygens (including phenoxy) is 1. The van der Waals surface area contributed by atoms with Crippen molar-refractivity contribution >= 4 is 5.97 Å². The van der Waals surface area contributed by atoms with Crippen molar-refractivity contribution in [2.24, 2.45) is 0 Å². The smallest absolute Gasteiger partial charge is 0.333 e. The lowest BCUT2D eigenvalue weighted by molar-refractivity contribution is -0.180. The molecule has 1 aliphatic heterocycles. The van der Waals surface area contributed by atoms with Gasteiger partial charge in [0.25, 0.3) is 0 Å². The highest BCUT2D eigenvalue weighted by Crippen LogP contribution is 2.24. The molecule has 98 valence electrons. The highest BCUT2D eigenvalue weighted by Gasteiger charge is 2.32. The minimum absolute atomic E-state index is 0.420. The second-order valence-electron chi connectivity index (χ2n) is 5.01. The summed E-state index contributed by atoms with van der Waals surface area (Å²) < 4.78 is 4.77. The summed E-state index contributed by atoms with van der Waals surface area (Å²) in [6.07, 6.45) is 7.17. The number of cyclic esters (lactones) is 1. The standard InChI is InChI=1S/C13H22O4/c1-3-12(2,15)8-5-4-6-9-13(16)10-7-11(14)17-13/h7,10,15-16H,3-6,8-9H2,1-2H3. The first-order valence-electron chi connectivity index (χ1n) is 6.24. The van der Waals surface area contributed by atoms with Crippen LogP contribution in [-0.2, 0) is 9.53 Å². The molecule has 0 amide bonds. The van der Waals surface area contributed by atoms with Crippen LogP contribution in [0.25, 0.3) is 0 Å². The normalized spacial score (nSPS) is 26.9. The van der Waals surface area contributed by atoms with Crippen molar-refractivity contribution in [3.8, 4) is 0 Å². The molecule has 1 rings (SSSR count). The van der Waals surface area contributed by atoms with Crippen molar-refractivity contribution in [3.05, 3.63) is 12.2 Å². The second kappa shape index (κ2) is 5.65. The number of esters is 1. The van der Waals surface area contributed by atoms with E-state index in [1.807, 2.05) is 13.8 Å². The molecule has 0 aromatic heterocycles. The Balaban J connectivity index is 2.13. The molecule has 4 nitrogen and oxygen atoms in total. The molecule has 1 aliphatic rings.